The molecule has 0 radical (unpaired) electrons. The first-order valence-corrected chi connectivity index (χ1v) is 5.89. The molecule has 1 aromatic heterocycles. The second kappa shape index (κ2) is 6.40. The first-order chi connectivity index (χ1) is 8.16. The topological polar surface area (TPSA) is 26.0 Å². The SMILES string of the molecule is CC.Cc1cnc(Cc2cccc(Cl)c2F)o1. The molecule has 2 rings (SSSR count). The Morgan fingerprint density at radius 3 is 2.65 bits per heavy atom. The Hall–Kier alpha value is -1.35. The zero-order valence-electron chi connectivity index (χ0n) is 10.1. The quantitative estimate of drug-likeness (QED) is 0.795. The molecule has 2 nitrogen and oxygen atoms in total. The molecule has 0 N–H and O–H groups in total. The Balaban J connectivity index is 0.000000686. The van der Waals surface area contributed by atoms with Crippen molar-refractivity contribution in [3.8, 4) is 0 Å². The maximum absolute atomic E-state index is 13.5. The van der Waals surface area contributed by atoms with Crippen LogP contribution in [-0.4, -0.2) is 4.98 Å². The molecule has 2 aromatic rings. The molecular formula is C13H15ClFNO. The predicted octanol–water partition coefficient (Wildman–Crippen LogP) is 4.39. The van der Waals surface area contributed by atoms with Gasteiger partial charge in [-0.1, -0.05) is 37.6 Å². The number of hydrogen-bond donors (Lipinski definition) is 0. The van der Waals surface area contributed by atoms with Gasteiger partial charge < -0.3 is 4.42 Å². The van der Waals surface area contributed by atoms with Crippen molar-refractivity contribution in [1.29, 1.82) is 0 Å². The molecular weight excluding hydrogens is 241 g/mol. The van der Waals surface area contributed by atoms with Crippen molar-refractivity contribution in [2.45, 2.75) is 27.2 Å². The molecule has 1 aromatic carbocycles. The van der Waals surface area contributed by atoms with Gasteiger partial charge in [0.25, 0.3) is 0 Å². The standard InChI is InChI=1S/C11H9ClFNO.C2H6/c1-7-6-14-10(15-7)5-8-3-2-4-9(12)11(8)13;1-2/h2-4,6H,5H2,1H3;1-2H3. The van der Waals surface area contributed by atoms with Crippen LogP contribution >= 0.6 is 11.6 Å². The van der Waals surface area contributed by atoms with Crippen LogP contribution in [0.5, 0.6) is 0 Å². The Bertz CT molecular complexity index is 482. The zero-order chi connectivity index (χ0) is 12.8. The van der Waals surface area contributed by atoms with Crippen LogP contribution in [0.3, 0.4) is 0 Å². The fourth-order valence-electron chi connectivity index (χ4n) is 1.33. The van der Waals surface area contributed by atoms with Crippen molar-refractivity contribution in [2.75, 3.05) is 0 Å². The van der Waals surface area contributed by atoms with Gasteiger partial charge in [0.05, 0.1) is 17.6 Å². The summed E-state index contributed by atoms with van der Waals surface area (Å²) in [6.45, 7) is 5.80. The molecule has 0 fully saturated rings. The molecule has 17 heavy (non-hydrogen) atoms. The highest BCUT2D eigenvalue weighted by atomic mass is 35.5. The molecule has 0 aliphatic heterocycles. The van der Waals surface area contributed by atoms with Gasteiger partial charge in [-0.05, 0) is 18.6 Å². The lowest BCUT2D eigenvalue weighted by Gasteiger charge is -2.01. The minimum Gasteiger partial charge on any atom is -0.446 e. The van der Waals surface area contributed by atoms with Crippen molar-refractivity contribution in [2.24, 2.45) is 0 Å². The van der Waals surface area contributed by atoms with Crippen LogP contribution in [-0.2, 0) is 6.42 Å². The number of rotatable bonds is 2. The third kappa shape index (κ3) is 3.56. The number of benzene rings is 1. The summed E-state index contributed by atoms with van der Waals surface area (Å²) in [6.07, 6.45) is 1.93. The fourth-order valence-corrected chi connectivity index (χ4v) is 1.53. The summed E-state index contributed by atoms with van der Waals surface area (Å²) in [6, 6.07) is 4.89. The number of aromatic nitrogens is 1. The summed E-state index contributed by atoms with van der Waals surface area (Å²) >= 11 is 5.66. The van der Waals surface area contributed by atoms with Crippen LogP contribution in [0.1, 0.15) is 31.1 Å². The molecule has 0 aliphatic carbocycles. The van der Waals surface area contributed by atoms with Gasteiger partial charge in [-0.15, -0.1) is 0 Å². The third-order valence-electron chi connectivity index (χ3n) is 2.04. The van der Waals surface area contributed by atoms with Crippen LogP contribution in [0.2, 0.25) is 5.02 Å². The molecule has 92 valence electrons. The molecule has 1 heterocycles. The van der Waals surface area contributed by atoms with E-state index in [1.165, 1.54) is 6.07 Å². The van der Waals surface area contributed by atoms with Crippen molar-refractivity contribution in [3.63, 3.8) is 0 Å². The Kier molecular flexibility index (Phi) is 5.16. The van der Waals surface area contributed by atoms with Gasteiger partial charge in [-0.25, -0.2) is 9.37 Å². The van der Waals surface area contributed by atoms with Crippen molar-refractivity contribution in [1.82, 2.24) is 4.98 Å². The first-order valence-electron chi connectivity index (χ1n) is 5.51. The van der Waals surface area contributed by atoms with Crippen LogP contribution in [0.15, 0.2) is 28.8 Å². The Morgan fingerprint density at radius 1 is 1.35 bits per heavy atom. The van der Waals surface area contributed by atoms with E-state index in [1.54, 1.807) is 25.3 Å². The van der Waals surface area contributed by atoms with Crippen LogP contribution in [0.25, 0.3) is 0 Å². The normalized spacial score (nSPS) is 9.71. The zero-order valence-corrected chi connectivity index (χ0v) is 10.9. The minimum atomic E-state index is -0.407. The van der Waals surface area contributed by atoms with Crippen LogP contribution in [0.4, 0.5) is 4.39 Å². The van der Waals surface area contributed by atoms with Gasteiger partial charge in [0, 0.05) is 0 Å². The van der Waals surface area contributed by atoms with Gasteiger partial charge in [-0.2, -0.15) is 0 Å². The van der Waals surface area contributed by atoms with E-state index in [4.69, 9.17) is 16.0 Å². The van der Waals surface area contributed by atoms with E-state index in [1.807, 2.05) is 13.8 Å². The van der Waals surface area contributed by atoms with Gasteiger partial charge in [-0.3, -0.25) is 0 Å². The average molecular weight is 256 g/mol. The van der Waals surface area contributed by atoms with E-state index < -0.39 is 5.82 Å². The summed E-state index contributed by atoms with van der Waals surface area (Å²) in [5, 5.41) is 0.121. The molecule has 0 spiro atoms. The van der Waals surface area contributed by atoms with E-state index in [9.17, 15) is 4.39 Å². The summed E-state index contributed by atoms with van der Waals surface area (Å²) in [5.41, 5.74) is 0.490. The maximum Gasteiger partial charge on any atom is 0.198 e. The Morgan fingerprint density at radius 2 is 2.06 bits per heavy atom. The molecule has 0 aliphatic rings. The summed E-state index contributed by atoms with van der Waals surface area (Å²) in [5.74, 6) is 0.802. The summed E-state index contributed by atoms with van der Waals surface area (Å²) in [7, 11) is 0. The Labute approximate surface area is 105 Å². The second-order valence-electron chi connectivity index (χ2n) is 3.25. The van der Waals surface area contributed by atoms with E-state index in [0.717, 1.165) is 0 Å². The lowest BCUT2D eigenvalue weighted by atomic mass is 10.1. The molecule has 0 unspecified atom stereocenters. The lowest BCUT2D eigenvalue weighted by molar-refractivity contribution is 0.477. The van der Waals surface area contributed by atoms with E-state index >= 15 is 0 Å². The van der Waals surface area contributed by atoms with Crippen molar-refractivity contribution in [3.05, 3.63) is 52.5 Å². The fraction of sp³-hybridized carbons (Fsp3) is 0.308. The van der Waals surface area contributed by atoms with Crippen molar-refractivity contribution < 1.29 is 8.81 Å². The predicted molar refractivity (Wildman–Crippen MR) is 66.8 cm³/mol. The van der Waals surface area contributed by atoms with Crippen LogP contribution in [0, 0.1) is 12.7 Å². The highest BCUT2D eigenvalue weighted by Gasteiger charge is 2.09. The maximum atomic E-state index is 13.5. The van der Waals surface area contributed by atoms with E-state index in [-0.39, 0.29) is 5.02 Å². The number of hydrogen-bond acceptors (Lipinski definition) is 2. The minimum absolute atomic E-state index is 0.121. The molecule has 0 atom stereocenters. The molecule has 0 amide bonds. The number of aryl methyl sites for hydroxylation is 1. The van der Waals surface area contributed by atoms with E-state index in [2.05, 4.69) is 4.98 Å². The van der Waals surface area contributed by atoms with Gasteiger partial charge >= 0.3 is 0 Å². The first kappa shape index (κ1) is 13.7. The van der Waals surface area contributed by atoms with Crippen molar-refractivity contribution >= 4 is 11.6 Å². The highest BCUT2D eigenvalue weighted by Crippen LogP contribution is 2.20. The monoisotopic (exact) mass is 255 g/mol. The second-order valence-corrected chi connectivity index (χ2v) is 3.66. The average Bonchev–Trinajstić information content (AvgIpc) is 2.73. The summed E-state index contributed by atoms with van der Waals surface area (Å²) in [4.78, 5) is 4.01. The molecule has 4 heteroatoms. The molecule has 0 saturated carbocycles. The number of oxazole rings is 1. The summed E-state index contributed by atoms with van der Waals surface area (Å²) < 4.78 is 18.8. The highest BCUT2D eigenvalue weighted by molar-refractivity contribution is 6.30. The van der Waals surface area contributed by atoms with Crippen LogP contribution < -0.4 is 0 Å². The smallest absolute Gasteiger partial charge is 0.198 e. The van der Waals surface area contributed by atoms with Gasteiger partial charge in [0.15, 0.2) is 5.89 Å². The van der Waals surface area contributed by atoms with Gasteiger partial charge in [0.1, 0.15) is 11.6 Å². The molecule has 0 bridgehead atoms. The number of halogens is 2. The lowest BCUT2D eigenvalue weighted by Crippen LogP contribution is -1.93. The number of nitrogens with zero attached hydrogens (tertiary/aromatic N) is 1. The van der Waals surface area contributed by atoms with E-state index in [0.29, 0.717) is 23.6 Å². The van der Waals surface area contributed by atoms with Gasteiger partial charge in [0.2, 0.25) is 0 Å². The largest absolute Gasteiger partial charge is 0.446 e. The molecule has 0 saturated heterocycles. The third-order valence-corrected chi connectivity index (χ3v) is 2.33.